The lowest BCUT2D eigenvalue weighted by Gasteiger charge is -2.23. The van der Waals surface area contributed by atoms with Gasteiger partial charge in [-0.05, 0) is 18.9 Å². The van der Waals surface area contributed by atoms with E-state index in [2.05, 4.69) is 27.5 Å². The highest BCUT2D eigenvalue weighted by molar-refractivity contribution is 5.81. The summed E-state index contributed by atoms with van der Waals surface area (Å²) in [6.07, 6.45) is 12.5. The van der Waals surface area contributed by atoms with Gasteiger partial charge in [0.05, 0.1) is 6.21 Å². The van der Waals surface area contributed by atoms with Gasteiger partial charge in [0.2, 0.25) is 5.91 Å². The normalized spacial score (nSPS) is 17.5. The summed E-state index contributed by atoms with van der Waals surface area (Å²) in [5, 5.41) is 3.86. The summed E-state index contributed by atoms with van der Waals surface area (Å²) < 4.78 is 2.27. The van der Waals surface area contributed by atoms with Gasteiger partial charge in [-0.1, -0.05) is 19.3 Å². The molecule has 4 heteroatoms. The van der Waals surface area contributed by atoms with E-state index in [1.54, 1.807) is 6.21 Å². The Hall–Kier alpha value is -1.58. The molecule has 0 aliphatic heterocycles. The maximum absolute atomic E-state index is 10.7. The first-order valence-electron chi connectivity index (χ1n) is 6.23. The quantitative estimate of drug-likeness (QED) is 0.632. The molecule has 0 atom stereocenters. The van der Waals surface area contributed by atoms with Crippen molar-refractivity contribution in [2.75, 3.05) is 0 Å². The van der Waals surface area contributed by atoms with E-state index in [4.69, 9.17) is 0 Å². The van der Waals surface area contributed by atoms with E-state index in [-0.39, 0.29) is 5.91 Å². The topological polar surface area (TPSA) is 46.4 Å². The zero-order chi connectivity index (χ0) is 12.1. The molecule has 1 aromatic rings. The first kappa shape index (κ1) is 11.9. The van der Waals surface area contributed by atoms with Gasteiger partial charge >= 0.3 is 0 Å². The monoisotopic (exact) mass is 233 g/mol. The van der Waals surface area contributed by atoms with Crippen LogP contribution >= 0.6 is 0 Å². The average molecular weight is 233 g/mol. The number of hydrogen-bond acceptors (Lipinski definition) is 2. The van der Waals surface area contributed by atoms with E-state index >= 15 is 0 Å². The van der Waals surface area contributed by atoms with E-state index in [0.717, 1.165) is 5.56 Å². The molecule has 1 N–H and O–H groups in total. The van der Waals surface area contributed by atoms with Crippen LogP contribution in [0.4, 0.5) is 0 Å². The Kier molecular flexibility index (Phi) is 3.96. The second-order valence-corrected chi connectivity index (χ2v) is 4.61. The molecule has 0 bridgehead atoms. The van der Waals surface area contributed by atoms with Crippen molar-refractivity contribution in [1.29, 1.82) is 0 Å². The third-order valence-corrected chi connectivity index (χ3v) is 3.17. The third kappa shape index (κ3) is 3.44. The summed E-state index contributed by atoms with van der Waals surface area (Å²) in [5.41, 5.74) is 3.44. The minimum atomic E-state index is -0.145. The number of carbonyl (C=O) groups excluding carboxylic acids is 1. The maximum atomic E-state index is 10.7. The molecule has 1 aromatic heterocycles. The fourth-order valence-electron chi connectivity index (χ4n) is 2.31. The van der Waals surface area contributed by atoms with Crippen molar-refractivity contribution >= 4 is 12.1 Å². The van der Waals surface area contributed by atoms with Crippen LogP contribution in [0.3, 0.4) is 0 Å². The first-order valence-corrected chi connectivity index (χ1v) is 6.23. The van der Waals surface area contributed by atoms with E-state index in [0.29, 0.717) is 6.04 Å². The zero-order valence-corrected chi connectivity index (χ0v) is 10.2. The van der Waals surface area contributed by atoms with Crippen LogP contribution in [-0.4, -0.2) is 16.7 Å². The fourth-order valence-corrected chi connectivity index (χ4v) is 2.31. The Balaban J connectivity index is 1.95. The van der Waals surface area contributed by atoms with Gasteiger partial charge in [0.15, 0.2) is 0 Å². The van der Waals surface area contributed by atoms with Crippen molar-refractivity contribution in [3.63, 3.8) is 0 Å². The standard InChI is InChI=1S/C13H19N3O/c1-11(17)15-14-9-12-7-8-16(10-12)13-5-3-2-4-6-13/h7-10,13H,2-6H2,1H3,(H,15,17)/b14-9-. The smallest absolute Gasteiger partial charge is 0.236 e. The van der Waals surface area contributed by atoms with Crippen LogP contribution < -0.4 is 5.43 Å². The summed E-state index contributed by atoms with van der Waals surface area (Å²) in [6.45, 7) is 1.45. The van der Waals surface area contributed by atoms with Crippen LogP contribution in [0.5, 0.6) is 0 Å². The van der Waals surface area contributed by atoms with Crippen LogP contribution in [-0.2, 0) is 4.79 Å². The molecule has 1 heterocycles. The molecule has 0 unspecified atom stereocenters. The predicted octanol–water partition coefficient (Wildman–Crippen LogP) is 2.46. The number of hydrogen-bond donors (Lipinski definition) is 1. The van der Waals surface area contributed by atoms with Crippen LogP contribution in [0.1, 0.15) is 50.6 Å². The first-order chi connectivity index (χ1) is 8.25. The molecule has 0 saturated heterocycles. The molecule has 1 aliphatic carbocycles. The second kappa shape index (κ2) is 5.66. The molecule has 1 saturated carbocycles. The molecule has 1 fully saturated rings. The number of nitrogens with zero attached hydrogens (tertiary/aromatic N) is 2. The zero-order valence-electron chi connectivity index (χ0n) is 10.2. The van der Waals surface area contributed by atoms with Gasteiger partial charge in [0, 0.05) is 30.9 Å². The molecular formula is C13H19N3O. The second-order valence-electron chi connectivity index (χ2n) is 4.61. The van der Waals surface area contributed by atoms with Crippen molar-refractivity contribution in [2.45, 2.75) is 45.1 Å². The third-order valence-electron chi connectivity index (χ3n) is 3.17. The number of amides is 1. The maximum Gasteiger partial charge on any atom is 0.236 e. The summed E-state index contributed by atoms with van der Waals surface area (Å²) in [5.74, 6) is -0.145. The molecule has 0 spiro atoms. The van der Waals surface area contributed by atoms with E-state index in [1.165, 1.54) is 39.0 Å². The molecule has 92 valence electrons. The van der Waals surface area contributed by atoms with Crippen molar-refractivity contribution in [1.82, 2.24) is 9.99 Å². The Morgan fingerprint density at radius 1 is 1.47 bits per heavy atom. The number of rotatable bonds is 3. The van der Waals surface area contributed by atoms with Gasteiger partial charge in [0.25, 0.3) is 0 Å². The molecule has 4 nitrogen and oxygen atoms in total. The van der Waals surface area contributed by atoms with Gasteiger partial charge in [-0.25, -0.2) is 5.43 Å². The lowest BCUT2D eigenvalue weighted by molar-refractivity contribution is -0.118. The molecule has 1 aliphatic rings. The van der Waals surface area contributed by atoms with Gasteiger partial charge in [-0.3, -0.25) is 4.79 Å². The van der Waals surface area contributed by atoms with Gasteiger partial charge in [0.1, 0.15) is 0 Å². The highest BCUT2D eigenvalue weighted by Gasteiger charge is 2.14. The highest BCUT2D eigenvalue weighted by Crippen LogP contribution is 2.28. The minimum Gasteiger partial charge on any atom is -0.351 e. The average Bonchev–Trinajstić information content (AvgIpc) is 2.78. The summed E-state index contributed by atoms with van der Waals surface area (Å²) >= 11 is 0. The lowest BCUT2D eigenvalue weighted by atomic mass is 9.95. The van der Waals surface area contributed by atoms with Crippen LogP contribution in [0.2, 0.25) is 0 Å². The molecule has 2 rings (SSSR count). The molecule has 0 aromatic carbocycles. The summed E-state index contributed by atoms with van der Waals surface area (Å²) in [7, 11) is 0. The van der Waals surface area contributed by atoms with Crippen molar-refractivity contribution in [3.05, 3.63) is 24.0 Å². The van der Waals surface area contributed by atoms with E-state index in [9.17, 15) is 4.79 Å². The Bertz CT molecular complexity index is 403. The lowest BCUT2D eigenvalue weighted by Crippen LogP contribution is -2.12. The van der Waals surface area contributed by atoms with Crippen molar-refractivity contribution < 1.29 is 4.79 Å². The van der Waals surface area contributed by atoms with Gasteiger partial charge in [-0.2, -0.15) is 5.10 Å². The van der Waals surface area contributed by atoms with Crippen molar-refractivity contribution in [3.8, 4) is 0 Å². The molecule has 0 radical (unpaired) electrons. The van der Waals surface area contributed by atoms with Gasteiger partial charge in [-0.15, -0.1) is 0 Å². The Morgan fingerprint density at radius 2 is 2.24 bits per heavy atom. The number of nitrogens with one attached hydrogen (secondary N) is 1. The fraction of sp³-hybridized carbons (Fsp3) is 0.538. The molecule has 1 amide bonds. The summed E-state index contributed by atoms with van der Waals surface area (Å²) in [4.78, 5) is 10.7. The molecular weight excluding hydrogens is 214 g/mol. The predicted molar refractivity (Wildman–Crippen MR) is 68.0 cm³/mol. The molecule has 17 heavy (non-hydrogen) atoms. The number of hydrazone groups is 1. The van der Waals surface area contributed by atoms with E-state index in [1.807, 2.05) is 6.07 Å². The SMILES string of the molecule is CC(=O)N/N=C\c1ccn(C2CCCCC2)c1. The van der Waals surface area contributed by atoms with Crippen LogP contribution in [0, 0.1) is 0 Å². The highest BCUT2D eigenvalue weighted by atomic mass is 16.2. The van der Waals surface area contributed by atoms with Crippen LogP contribution in [0.25, 0.3) is 0 Å². The number of aromatic nitrogens is 1. The minimum absolute atomic E-state index is 0.145. The Labute approximate surface area is 102 Å². The number of carbonyl (C=O) groups is 1. The van der Waals surface area contributed by atoms with Crippen LogP contribution in [0.15, 0.2) is 23.6 Å². The Morgan fingerprint density at radius 3 is 2.94 bits per heavy atom. The largest absolute Gasteiger partial charge is 0.351 e. The summed E-state index contributed by atoms with van der Waals surface area (Å²) in [6, 6.07) is 2.67. The van der Waals surface area contributed by atoms with Gasteiger partial charge < -0.3 is 4.57 Å². The van der Waals surface area contributed by atoms with Crippen molar-refractivity contribution in [2.24, 2.45) is 5.10 Å². The van der Waals surface area contributed by atoms with E-state index < -0.39 is 0 Å².